The van der Waals surface area contributed by atoms with E-state index in [1.807, 2.05) is 20.8 Å². The van der Waals surface area contributed by atoms with Gasteiger partial charge in [0, 0.05) is 19.8 Å². The maximum Gasteiger partial charge on any atom is 0.292 e. The summed E-state index contributed by atoms with van der Waals surface area (Å²) in [5.74, 6) is -0.212. The molecular formula is C15H25N5O3. The molecule has 8 heteroatoms. The average molecular weight is 323 g/mol. The number of hydrogen-bond donors (Lipinski definition) is 1. The maximum absolute atomic E-state index is 12.1. The molecule has 1 amide bonds. The Morgan fingerprint density at radius 1 is 1.35 bits per heavy atom. The molecule has 8 nitrogen and oxygen atoms in total. The molecule has 1 aromatic heterocycles. The highest BCUT2D eigenvalue weighted by Gasteiger charge is 2.41. The van der Waals surface area contributed by atoms with Gasteiger partial charge in [-0.05, 0) is 51.7 Å². The number of nitrogens with one attached hydrogen (secondary N) is 1. The molecule has 1 atom stereocenters. The predicted molar refractivity (Wildman–Crippen MR) is 82.0 cm³/mol. The molecule has 3 heterocycles. The van der Waals surface area contributed by atoms with E-state index in [9.17, 15) is 4.79 Å². The van der Waals surface area contributed by atoms with E-state index in [2.05, 4.69) is 20.7 Å². The molecule has 2 saturated heterocycles. The van der Waals surface area contributed by atoms with Gasteiger partial charge in [-0.3, -0.25) is 4.79 Å². The first kappa shape index (κ1) is 16.3. The van der Waals surface area contributed by atoms with Crippen LogP contribution in [0.25, 0.3) is 0 Å². The van der Waals surface area contributed by atoms with Crippen molar-refractivity contribution in [1.82, 2.24) is 25.5 Å². The number of rotatable bonds is 3. The zero-order valence-electron chi connectivity index (χ0n) is 14.0. The summed E-state index contributed by atoms with van der Waals surface area (Å²) in [5.41, 5.74) is -0.337. The minimum Gasteiger partial charge on any atom is -0.381 e. The molecule has 0 saturated carbocycles. The van der Waals surface area contributed by atoms with Gasteiger partial charge in [0.05, 0.1) is 17.2 Å². The number of carbonyl (C=O) groups is 1. The largest absolute Gasteiger partial charge is 0.381 e. The number of aromatic nitrogens is 4. The van der Waals surface area contributed by atoms with Gasteiger partial charge in [0.15, 0.2) is 0 Å². The number of hydrogen-bond acceptors (Lipinski definition) is 6. The fourth-order valence-corrected chi connectivity index (χ4v) is 3.03. The summed E-state index contributed by atoms with van der Waals surface area (Å²) < 4.78 is 11.6. The van der Waals surface area contributed by atoms with Gasteiger partial charge >= 0.3 is 0 Å². The van der Waals surface area contributed by atoms with Crippen LogP contribution in [0.2, 0.25) is 0 Å². The lowest BCUT2D eigenvalue weighted by Crippen LogP contribution is -2.39. The highest BCUT2D eigenvalue weighted by molar-refractivity contribution is 5.90. The number of nitrogens with zero attached hydrogens (tertiary/aromatic N) is 4. The van der Waals surface area contributed by atoms with Crippen molar-refractivity contribution in [2.45, 2.75) is 63.7 Å². The minimum absolute atomic E-state index is 0.0404. The average Bonchev–Trinajstić information content (AvgIpc) is 3.13. The molecular weight excluding hydrogens is 298 g/mol. The molecule has 2 fully saturated rings. The highest BCUT2D eigenvalue weighted by Crippen LogP contribution is 2.37. The van der Waals surface area contributed by atoms with Crippen LogP contribution < -0.4 is 5.32 Å². The molecule has 0 radical (unpaired) electrons. The van der Waals surface area contributed by atoms with Crippen LogP contribution in [0, 0.1) is 0 Å². The molecule has 3 rings (SSSR count). The number of carbonyl (C=O) groups excluding carboxylic acids is 1. The third-order valence-electron chi connectivity index (χ3n) is 4.45. The lowest BCUT2D eigenvalue weighted by molar-refractivity contribution is -0.102. The SMILES string of the molecule is CC(C)(C)n1nnc(C(=O)NCC2CCC3(CCOCC3)O2)n1. The van der Waals surface area contributed by atoms with Gasteiger partial charge in [0.25, 0.3) is 11.7 Å². The van der Waals surface area contributed by atoms with Crippen molar-refractivity contribution in [3.63, 3.8) is 0 Å². The molecule has 1 spiro atoms. The zero-order chi connectivity index (χ0) is 16.5. The van der Waals surface area contributed by atoms with Crippen molar-refractivity contribution in [3.05, 3.63) is 5.82 Å². The van der Waals surface area contributed by atoms with Gasteiger partial charge < -0.3 is 14.8 Å². The second-order valence-corrected chi connectivity index (χ2v) is 7.36. The van der Waals surface area contributed by atoms with Crippen LogP contribution in [-0.2, 0) is 15.0 Å². The maximum atomic E-state index is 12.1. The lowest BCUT2D eigenvalue weighted by atomic mass is 9.91. The Bertz CT molecular complexity index is 560. The summed E-state index contributed by atoms with van der Waals surface area (Å²) in [5, 5.41) is 14.7. The third kappa shape index (κ3) is 3.69. The summed E-state index contributed by atoms with van der Waals surface area (Å²) in [6.45, 7) is 7.87. The fourth-order valence-electron chi connectivity index (χ4n) is 3.03. The Labute approximate surface area is 135 Å². The quantitative estimate of drug-likeness (QED) is 0.888. The van der Waals surface area contributed by atoms with Crippen LogP contribution in [0.3, 0.4) is 0 Å². The smallest absolute Gasteiger partial charge is 0.292 e. The van der Waals surface area contributed by atoms with Crippen LogP contribution in [-0.4, -0.2) is 57.6 Å². The summed E-state index contributed by atoms with van der Waals surface area (Å²) in [7, 11) is 0. The van der Waals surface area contributed by atoms with Gasteiger partial charge in [-0.15, -0.1) is 10.2 Å². The second-order valence-electron chi connectivity index (χ2n) is 7.36. The van der Waals surface area contributed by atoms with E-state index in [1.165, 1.54) is 4.80 Å². The van der Waals surface area contributed by atoms with E-state index in [-0.39, 0.29) is 29.0 Å². The van der Waals surface area contributed by atoms with Gasteiger partial charge in [0.2, 0.25) is 0 Å². The van der Waals surface area contributed by atoms with Crippen LogP contribution in [0.15, 0.2) is 0 Å². The molecule has 0 aromatic carbocycles. The molecule has 128 valence electrons. The van der Waals surface area contributed by atoms with Crippen LogP contribution in [0.4, 0.5) is 0 Å². The second kappa shape index (κ2) is 6.16. The molecule has 0 bridgehead atoms. The molecule has 1 unspecified atom stereocenters. The normalized spacial score (nSPS) is 24.0. The van der Waals surface area contributed by atoms with E-state index in [1.54, 1.807) is 0 Å². The number of tetrazole rings is 1. The Morgan fingerprint density at radius 2 is 2.09 bits per heavy atom. The first-order valence-corrected chi connectivity index (χ1v) is 8.22. The third-order valence-corrected chi connectivity index (χ3v) is 4.45. The van der Waals surface area contributed by atoms with Gasteiger partial charge in [-0.1, -0.05) is 0 Å². The first-order chi connectivity index (χ1) is 10.9. The topological polar surface area (TPSA) is 91.2 Å². The zero-order valence-corrected chi connectivity index (χ0v) is 14.0. The summed E-state index contributed by atoms with van der Waals surface area (Å²) in [6.07, 6.45) is 3.94. The molecule has 1 aromatic rings. The van der Waals surface area contributed by atoms with Crippen molar-refractivity contribution >= 4 is 5.91 Å². The van der Waals surface area contributed by atoms with Crippen molar-refractivity contribution in [1.29, 1.82) is 0 Å². The minimum atomic E-state index is -0.308. The summed E-state index contributed by atoms with van der Waals surface area (Å²) in [6, 6.07) is 0. The monoisotopic (exact) mass is 323 g/mol. The van der Waals surface area contributed by atoms with E-state index < -0.39 is 0 Å². The summed E-state index contributed by atoms with van der Waals surface area (Å²) in [4.78, 5) is 13.6. The molecule has 1 N–H and O–H groups in total. The van der Waals surface area contributed by atoms with Crippen LogP contribution in [0.5, 0.6) is 0 Å². The molecule has 0 aliphatic carbocycles. The number of ether oxygens (including phenoxy) is 2. The van der Waals surface area contributed by atoms with Crippen LogP contribution in [0.1, 0.15) is 57.1 Å². The molecule has 23 heavy (non-hydrogen) atoms. The number of amides is 1. The van der Waals surface area contributed by atoms with Gasteiger partial charge in [0.1, 0.15) is 0 Å². The molecule has 2 aliphatic rings. The van der Waals surface area contributed by atoms with E-state index >= 15 is 0 Å². The van der Waals surface area contributed by atoms with Crippen LogP contribution >= 0.6 is 0 Å². The van der Waals surface area contributed by atoms with E-state index in [4.69, 9.17) is 9.47 Å². The Balaban J connectivity index is 1.51. The predicted octanol–water partition coefficient (Wildman–Crippen LogP) is 0.886. The Morgan fingerprint density at radius 3 is 2.74 bits per heavy atom. The van der Waals surface area contributed by atoms with E-state index in [0.717, 1.165) is 38.9 Å². The van der Waals surface area contributed by atoms with Crippen molar-refractivity contribution < 1.29 is 14.3 Å². The standard InChI is InChI=1S/C15H25N5O3/c1-14(2,3)20-18-12(17-19-20)13(21)16-10-11-4-5-15(23-11)6-8-22-9-7-15/h11H,4-10H2,1-3H3,(H,16,21). The van der Waals surface area contributed by atoms with Crippen molar-refractivity contribution in [3.8, 4) is 0 Å². The fraction of sp³-hybridized carbons (Fsp3) is 0.867. The van der Waals surface area contributed by atoms with Crippen molar-refractivity contribution in [2.75, 3.05) is 19.8 Å². The first-order valence-electron chi connectivity index (χ1n) is 8.22. The Hall–Kier alpha value is -1.54. The van der Waals surface area contributed by atoms with Crippen molar-refractivity contribution in [2.24, 2.45) is 0 Å². The van der Waals surface area contributed by atoms with Gasteiger partial charge in [-0.2, -0.15) is 4.80 Å². The van der Waals surface area contributed by atoms with E-state index in [0.29, 0.717) is 6.54 Å². The van der Waals surface area contributed by atoms with Gasteiger partial charge in [-0.25, -0.2) is 0 Å². The lowest BCUT2D eigenvalue weighted by Gasteiger charge is -2.33. The Kier molecular flexibility index (Phi) is 4.37. The summed E-state index contributed by atoms with van der Waals surface area (Å²) >= 11 is 0. The highest BCUT2D eigenvalue weighted by atomic mass is 16.5. The molecule has 2 aliphatic heterocycles.